The van der Waals surface area contributed by atoms with Crippen LogP contribution < -0.4 is 0 Å². The summed E-state index contributed by atoms with van der Waals surface area (Å²) in [6.07, 6.45) is 2.44. The van der Waals surface area contributed by atoms with Crippen LogP contribution in [0.5, 0.6) is 0 Å². The van der Waals surface area contributed by atoms with Gasteiger partial charge in [-0.05, 0) is 35.8 Å². The number of rotatable bonds is 5. The van der Waals surface area contributed by atoms with E-state index in [1.54, 1.807) is 0 Å². The molecule has 0 aliphatic heterocycles. The molecule has 0 aliphatic rings. The Bertz CT molecular complexity index is 444. The third-order valence-electron chi connectivity index (χ3n) is 3.77. The zero-order valence-corrected chi connectivity index (χ0v) is 13.3. The lowest BCUT2D eigenvalue weighted by atomic mass is 9.85. The molecule has 2 aromatic rings. The molecular formula is C20H28. The van der Waals surface area contributed by atoms with Gasteiger partial charge in [-0.15, -0.1) is 0 Å². The van der Waals surface area contributed by atoms with Crippen molar-refractivity contribution in [1.82, 2.24) is 0 Å². The van der Waals surface area contributed by atoms with Crippen molar-refractivity contribution in [2.45, 2.75) is 52.4 Å². The van der Waals surface area contributed by atoms with Crippen LogP contribution in [0, 0.1) is 0 Å². The molecule has 2 aromatic carbocycles. The maximum absolute atomic E-state index is 2.33. The number of hydrogen-bond donors (Lipinski definition) is 0. The first-order valence-corrected chi connectivity index (χ1v) is 7.91. The van der Waals surface area contributed by atoms with Crippen LogP contribution >= 0.6 is 0 Å². The van der Waals surface area contributed by atoms with E-state index >= 15 is 0 Å². The van der Waals surface area contributed by atoms with E-state index < -0.39 is 0 Å². The molecule has 20 heavy (non-hydrogen) atoms. The maximum atomic E-state index is 2.33. The van der Waals surface area contributed by atoms with Gasteiger partial charge in [-0.3, -0.25) is 0 Å². The minimum Gasteiger partial charge on any atom is -0.0683 e. The van der Waals surface area contributed by atoms with Gasteiger partial charge in [0, 0.05) is 0 Å². The number of benzene rings is 2. The van der Waals surface area contributed by atoms with Crippen molar-refractivity contribution in [2.24, 2.45) is 0 Å². The van der Waals surface area contributed by atoms with Crippen LogP contribution in [-0.2, 0) is 0 Å². The van der Waals surface area contributed by atoms with Crippen molar-refractivity contribution in [2.75, 3.05) is 0 Å². The fourth-order valence-electron chi connectivity index (χ4n) is 2.61. The smallest absolute Gasteiger partial charge is 0.0159 e. The van der Waals surface area contributed by atoms with Crippen LogP contribution in [0.1, 0.15) is 63.5 Å². The summed E-state index contributed by atoms with van der Waals surface area (Å²) in [7, 11) is 0. The third-order valence-corrected chi connectivity index (χ3v) is 3.77. The third kappa shape index (κ3) is 4.85. The van der Waals surface area contributed by atoms with E-state index in [0.29, 0.717) is 11.8 Å². The van der Waals surface area contributed by atoms with E-state index in [4.69, 9.17) is 0 Å². The molecule has 2 atom stereocenters. The minimum atomic E-state index is 0.622. The van der Waals surface area contributed by atoms with Crippen LogP contribution in [0.4, 0.5) is 0 Å². The van der Waals surface area contributed by atoms with Crippen molar-refractivity contribution in [3.63, 3.8) is 0 Å². The molecule has 0 aromatic heterocycles. The molecule has 0 N–H and O–H groups in total. The summed E-state index contributed by atoms with van der Waals surface area (Å²) in [5, 5.41) is 0. The zero-order chi connectivity index (χ0) is 14.8. The molecule has 0 radical (unpaired) electrons. The highest BCUT2D eigenvalue weighted by Crippen LogP contribution is 2.31. The second-order valence-corrected chi connectivity index (χ2v) is 5.06. The summed E-state index contributed by atoms with van der Waals surface area (Å²) in [6, 6.07) is 21.7. The Kier molecular flexibility index (Phi) is 7.72. The average molecular weight is 268 g/mol. The van der Waals surface area contributed by atoms with Crippen LogP contribution in [-0.4, -0.2) is 0 Å². The quantitative estimate of drug-likeness (QED) is 0.588. The highest BCUT2D eigenvalue weighted by atomic mass is 14.2. The van der Waals surface area contributed by atoms with Crippen LogP contribution in [0.3, 0.4) is 0 Å². The standard InChI is InChI=1S/C18H22.C2H6/c1-3-16(18-12-8-5-9-13-18)14-15(2)17-10-6-4-7-11-17;1-2/h4-13,15-16H,3,14H2,1-2H3;1-2H3. The summed E-state index contributed by atoms with van der Waals surface area (Å²) in [4.78, 5) is 0. The topological polar surface area (TPSA) is 0 Å². The van der Waals surface area contributed by atoms with Gasteiger partial charge in [0.1, 0.15) is 0 Å². The monoisotopic (exact) mass is 268 g/mol. The molecule has 0 nitrogen and oxygen atoms in total. The summed E-state index contributed by atoms with van der Waals surface area (Å²) < 4.78 is 0. The van der Waals surface area contributed by atoms with Gasteiger partial charge in [-0.25, -0.2) is 0 Å². The van der Waals surface area contributed by atoms with Gasteiger partial charge >= 0.3 is 0 Å². The molecule has 108 valence electrons. The Morgan fingerprint density at radius 2 is 1.20 bits per heavy atom. The Balaban J connectivity index is 0.000000956. The van der Waals surface area contributed by atoms with Gasteiger partial charge in [-0.1, -0.05) is 88.4 Å². The second kappa shape index (κ2) is 9.36. The maximum Gasteiger partial charge on any atom is -0.0159 e. The lowest BCUT2D eigenvalue weighted by molar-refractivity contribution is 0.544. The van der Waals surface area contributed by atoms with Crippen molar-refractivity contribution in [3.8, 4) is 0 Å². The molecule has 0 spiro atoms. The largest absolute Gasteiger partial charge is 0.0683 e. The van der Waals surface area contributed by atoms with Crippen molar-refractivity contribution in [3.05, 3.63) is 71.8 Å². The van der Waals surface area contributed by atoms with E-state index in [1.165, 1.54) is 24.0 Å². The van der Waals surface area contributed by atoms with E-state index in [0.717, 1.165) is 0 Å². The molecule has 0 heterocycles. The van der Waals surface area contributed by atoms with Crippen molar-refractivity contribution >= 4 is 0 Å². The minimum absolute atomic E-state index is 0.622. The molecule has 0 amide bonds. The molecule has 2 rings (SSSR count). The molecule has 2 unspecified atom stereocenters. The van der Waals surface area contributed by atoms with Gasteiger partial charge in [0.05, 0.1) is 0 Å². The predicted octanol–water partition coefficient (Wildman–Crippen LogP) is 6.40. The zero-order valence-electron chi connectivity index (χ0n) is 13.3. The Hall–Kier alpha value is -1.56. The Morgan fingerprint density at radius 3 is 1.65 bits per heavy atom. The Labute approximate surface area is 124 Å². The summed E-state index contributed by atoms with van der Waals surface area (Å²) in [5.41, 5.74) is 2.93. The number of hydrogen-bond acceptors (Lipinski definition) is 0. The van der Waals surface area contributed by atoms with E-state index in [1.807, 2.05) is 13.8 Å². The van der Waals surface area contributed by atoms with E-state index in [9.17, 15) is 0 Å². The summed E-state index contributed by atoms with van der Waals surface area (Å²) in [6.45, 7) is 8.62. The predicted molar refractivity (Wildman–Crippen MR) is 90.3 cm³/mol. The van der Waals surface area contributed by atoms with Gasteiger partial charge < -0.3 is 0 Å². The van der Waals surface area contributed by atoms with Crippen molar-refractivity contribution in [1.29, 1.82) is 0 Å². The van der Waals surface area contributed by atoms with E-state index in [2.05, 4.69) is 74.5 Å². The van der Waals surface area contributed by atoms with Gasteiger partial charge in [-0.2, -0.15) is 0 Å². The average Bonchev–Trinajstić information content (AvgIpc) is 2.56. The van der Waals surface area contributed by atoms with Crippen LogP contribution in [0.15, 0.2) is 60.7 Å². The van der Waals surface area contributed by atoms with Gasteiger partial charge in [0.25, 0.3) is 0 Å². The highest BCUT2D eigenvalue weighted by molar-refractivity contribution is 5.23. The molecule has 0 heteroatoms. The van der Waals surface area contributed by atoms with Crippen LogP contribution in [0.2, 0.25) is 0 Å². The van der Waals surface area contributed by atoms with E-state index in [-0.39, 0.29) is 0 Å². The lowest BCUT2D eigenvalue weighted by Crippen LogP contribution is -2.03. The van der Waals surface area contributed by atoms with Crippen LogP contribution in [0.25, 0.3) is 0 Å². The fourth-order valence-corrected chi connectivity index (χ4v) is 2.61. The molecule has 0 fully saturated rings. The highest BCUT2D eigenvalue weighted by Gasteiger charge is 2.14. The first kappa shape index (κ1) is 16.5. The Morgan fingerprint density at radius 1 is 0.750 bits per heavy atom. The summed E-state index contributed by atoms with van der Waals surface area (Å²) in [5.74, 6) is 1.29. The second-order valence-electron chi connectivity index (χ2n) is 5.06. The molecule has 0 saturated carbocycles. The molecule has 0 bridgehead atoms. The normalized spacial score (nSPS) is 13.0. The fraction of sp³-hybridized carbons (Fsp3) is 0.400. The summed E-state index contributed by atoms with van der Waals surface area (Å²) >= 11 is 0. The lowest BCUT2D eigenvalue weighted by Gasteiger charge is -2.20. The molecule has 0 aliphatic carbocycles. The molecular weight excluding hydrogens is 240 g/mol. The first-order valence-electron chi connectivity index (χ1n) is 7.91. The first-order chi connectivity index (χ1) is 9.81. The van der Waals surface area contributed by atoms with Crippen molar-refractivity contribution < 1.29 is 0 Å². The van der Waals surface area contributed by atoms with Gasteiger partial charge in [0.2, 0.25) is 0 Å². The SMILES string of the molecule is CC.CCC(CC(C)c1ccccc1)c1ccccc1. The molecule has 0 saturated heterocycles. The van der Waals surface area contributed by atoms with Gasteiger partial charge in [0.15, 0.2) is 0 Å².